The molecule has 166 valence electrons. The Morgan fingerprint density at radius 3 is 2.43 bits per heavy atom. The third-order valence-corrected chi connectivity index (χ3v) is 6.46. The van der Waals surface area contributed by atoms with Gasteiger partial charge in [-0.3, -0.25) is 19.8 Å². The molecule has 1 N–H and O–H groups in total. The average molecular weight is 419 g/mol. The van der Waals surface area contributed by atoms with Gasteiger partial charge < -0.3 is 15.0 Å². The Hall–Kier alpha value is -2.19. The average Bonchev–Trinajstić information content (AvgIpc) is 3.31. The van der Waals surface area contributed by atoms with E-state index >= 15 is 0 Å². The van der Waals surface area contributed by atoms with Crippen LogP contribution in [0.1, 0.15) is 49.9 Å². The van der Waals surface area contributed by atoms with Crippen molar-refractivity contribution in [2.75, 3.05) is 50.8 Å². The largest absolute Gasteiger partial charge is 0.379 e. The minimum atomic E-state index is -0.384. The number of anilines is 1. The fourth-order valence-corrected chi connectivity index (χ4v) is 4.67. The summed E-state index contributed by atoms with van der Waals surface area (Å²) in [6, 6.07) is 5.09. The molecule has 8 heteroatoms. The second kappa shape index (κ2) is 10.7. The Morgan fingerprint density at radius 2 is 1.83 bits per heavy atom. The van der Waals surface area contributed by atoms with E-state index in [1.807, 2.05) is 4.90 Å². The maximum absolute atomic E-state index is 12.8. The molecule has 0 aliphatic carbocycles. The summed E-state index contributed by atoms with van der Waals surface area (Å²) in [6.45, 7) is 9.72. The SMILES string of the molecule is CCC(CC)[C@H](CNC(=O)c1ccc(N2CCCC2)c([N+](=O)[O-])c1)N1CCOCC1. The van der Waals surface area contributed by atoms with E-state index in [-0.39, 0.29) is 22.6 Å². The second-order valence-electron chi connectivity index (χ2n) is 8.16. The lowest BCUT2D eigenvalue weighted by Crippen LogP contribution is -2.52. The summed E-state index contributed by atoms with van der Waals surface area (Å²) < 4.78 is 5.48. The topological polar surface area (TPSA) is 88.0 Å². The molecule has 1 amide bonds. The summed E-state index contributed by atoms with van der Waals surface area (Å²) >= 11 is 0. The van der Waals surface area contributed by atoms with Gasteiger partial charge in [-0.1, -0.05) is 26.7 Å². The zero-order valence-electron chi connectivity index (χ0n) is 18.1. The van der Waals surface area contributed by atoms with Crippen molar-refractivity contribution >= 4 is 17.3 Å². The number of morpholine rings is 1. The molecule has 1 aromatic rings. The molecule has 0 unspecified atom stereocenters. The summed E-state index contributed by atoms with van der Waals surface area (Å²) in [7, 11) is 0. The number of nitro benzene ring substituents is 1. The molecule has 8 nitrogen and oxygen atoms in total. The molecule has 0 bridgehead atoms. The Bertz CT molecular complexity index is 726. The normalized spacial score (nSPS) is 18.6. The first-order valence-electron chi connectivity index (χ1n) is 11.2. The van der Waals surface area contributed by atoms with Crippen LogP contribution in [0.4, 0.5) is 11.4 Å². The monoisotopic (exact) mass is 418 g/mol. The van der Waals surface area contributed by atoms with Gasteiger partial charge in [0.2, 0.25) is 0 Å². The summed E-state index contributed by atoms with van der Waals surface area (Å²) in [6.07, 6.45) is 4.17. The second-order valence-corrected chi connectivity index (χ2v) is 8.16. The van der Waals surface area contributed by atoms with Gasteiger partial charge in [0, 0.05) is 50.4 Å². The van der Waals surface area contributed by atoms with E-state index in [2.05, 4.69) is 24.1 Å². The van der Waals surface area contributed by atoms with Crippen molar-refractivity contribution in [1.82, 2.24) is 10.2 Å². The van der Waals surface area contributed by atoms with Gasteiger partial charge >= 0.3 is 0 Å². The lowest BCUT2D eigenvalue weighted by atomic mass is 9.92. The summed E-state index contributed by atoms with van der Waals surface area (Å²) in [5, 5.41) is 14.7. The van der Waals surface area contributed by atoms with Gasteiger partial charge in [0.15, 0.2) is 0 Å². The lowest BCUT2D eigenvalue weighted by Gasteiger charge is -2.38. The molecule has 2 heterocycles. The summed E-state index contributed by atoms with van der Waals surface area (Å²) in [5.74, 6) is 0.227. The quantitative estimate of drug-likeness (QED) is 0.490. The van der Waals surface area contributed by atoms with E-state index < -0.39 is 0 Å². The summed E-state index contributed by atoms with van der Waals surface area (Å²) in [5.41, 5.74) is 0.960. The van der Waals surface area contributed by atoms with Crippen molar-refractivity contribution in [2.45, 2.75) is 45.6 Å². The van der Waals surface area contributed by atoms with Crippen molar-refractivity contribution in [1.29, 1.82) is 0 Å². The van der Waals surface area contributed by atoms with Crippen molar-refractivity contribution < 1.29 is 14.5 Å². The van der Waals surface area contributed by atoms with Crippen molar-refractivity contribution in [3.63, 3.8) is 0 Å². The number of rotatable bonds is 9. The van der Waals surface area contributed by atoms with E-state index in [4.69, 9.17) is 4.74 Å². The van der Waals surface area contributed by atoms with Crippen molar-refractivity contribution in [3.8, 4) is 0 Å². The van der Waals surface area contributed by atoms with Gasteiger partial charge in [0.25, 0.3) is 11.6 Å². The fourth-order valence-electron chi connectivity index (χ4n) is 4.67. The molecular weight excluding hydrogens is 384 g/mol. The minimum Gasteiger partial charge on any atom is -0.379 e. The molecule has 0 radical (unpaired) electrons. The van der Waals surface area contributed by atoms with Crippen LogP contribution in [0.3, 0.4) is 0 Å². The lowest BCUT2D eigenvalue weighted by molar-refractivity contribution is -0.384. The minimum absolute atomic E-state index is 0.00859. The smallest absolute Gasteiger partial charge is 0.293 e. The van der Waals surface area contributed by atoms with Crippen LogP contribution in [0.5, 0.6) is 0 Å². The predicted molar refractivity (Wildman–Crippen MR) is 117 cm³/mol. The van der Waals surface area contributed by atoms with Gasteiger partial charge in [-0.2, -0.15) is 0 Å². The molecule has 2 aliphatic rings. The van der Waals surface area contributed by atoms with Crippen LogP contribution in [-0.2, 0) is 4.74 Å². The predicted octanol–water partition coefficient (Wildman–Crippen LogP) is 3.06. The van der Waals surface area contributed by atoms with E-state index in [0.717, 1.165) is 65.1 Å². The van der Waals surface area contributed by atoms with E-state index in [9.17, 15) is 14.9 Å². The van der Waals surface area contributed by atoms with Gasteiger partial charge in [-0.05, 0) is 30.9 Å². The highest BCUT2D eigenvalue weighted by Crippen LogP contribution is 2.31. The molecular formula is C22H34N4O4. The molecule has 1 aromatic carbocycles. The number of hydrogen-bond acceptors (Lipinski definition) is 6. The molecule has 1 atom stereocenters. The molecule has 2 aliphatic heterocycles. The van der Waals surface area contributed by atoms with Crippen LogP contribution in [0.2, 0.25) is 0 Å². The first-order chi connectivity index (χ1) is 14.5. The zero-order valence-corrected chi connectivity index (χ0v) is 18.1. The van der Waals surface area contributed by atoms with E-state index in [1.54, 1.807) is 12.1 Å². The number of nitrogens with zero attached hydrogens (tertiary/aromatic N) is 3. The van der Waals surface area contributed by atoms with Crippen LogP contribution < -0.4 is 10.2 Å². The highest BCUT2D eigenvalue weighted by molar-refractivity contribution is 5.95. The van der Waals surface area contributed by atoms with Gasteiger partial charge in [0.05, 0.1) is 18.1 Å². The molecule has 0 aromatic heterocycles. The highest BCUT2D eigenvalue weighted by Gasteiger charge is 2.28. The molecule has 0 saturated carbocycles. The van der Waals surface area contributed by atoms with Crippen LogP contribution in [0, 0.1) is 16.0 Å². The van der Waals surface area contributed by atoms with Gasteiger partial charge in [-0.25, -0.2) is 0 Å². The molecule has 0 spiro atoms. The summed E-state index contributed by atoms with van der Waals surface area (Å²) in [4.78, 5) is 28.5. The Morgan fingerprint density at radius 1 is 1.17 bits per heavy atom. The number of carbonyl (C=O) groups excluding carboxylic acids is 1. The number of nitro groups is 1. The van der Waals surface area contributed by atoms with Crippen LogP contribution in [0.15, 0.2) is 18.2 Å². The molecule has 3 rings (SSSR count). The third-order valence-electron chi connectivity index (χ3n) is 6.46. The van der Waals surface area contributed by atoms with Crippen LogP contribution in [0.25, 0.3) is 0 Å². The Labute approximate surface area is 178 Å². The van der Waals surface area contributed by atoms with Crippen LogP contribution in [-0.4, -0.2) is 67.7 Å². The number of carbonyl (C=O) groups is 1. The Balaban J connectivity index is 1.71. The van der Waals surface area contributed by atoms with Crippen LogP contribution >= 0.6 is 0 Å². The number of benzene rings is 1. The van der Waals surface area contributed by atoms with E-state index in [0.29, 0.717) is 23.7 Å². The van der Waals surface area contributed by atoms with Gasteiger partial charge in [0.1, 0.15) is 5.69 Å². The standard InChI is InChI=1S/C22H34N4O4/c1-3-17(4-2)21(25-11-13-30-14-12-25)16-23-22(27)18-7-8-19(20(15-18)26(28)29)24-9-5-6-10-24/h7-8,15,17,21H,3-6,9-14,16H2,1-2H3,(H,23,27)/t21-/m0/s1. The molecule has 2 saturated heterocycles. The molecule has 2 fully saturated rings. The maximum Gasteiger partial charge on any atom is 0.293 e. The number of amides is 1. The number of nitrogens with one attached hydrogen (secondary N) is 1. The van der Waals surface area contributed by atoms with Crippen molar-refractivity contribution in [3.05, 3.63) is 33.9 Å². The number of ether oxygens (including phenoxy) is 1. The molecule has 30 heavy (non-hydrogen) atoms. The first-order valence-corrected chi connectivity index (χ1v) is 11.2. The maximum atomic E-state index is 12.8. The van der Waals surface area contributed by atoms with E-state index in [1.165, 1.54) is 6.07 Å². The Kier molecular flexibility index (Phi) is 8.04. The third kappa shape index (κ3) is 5.29. The highest BCUT2D eigenvalue weighted by atomic mass is 16.6. The zero-order chi connectivity index (χ0) is 21.5. The van der Waals surface area contributed by atoms with Crippen molar-refractivity contribution in [2.24, 2.45) is 5.92 Å². The number of hydrogen-bond donors (Lipinski definition) is 1. The first kappa shape index (κ1) is 22.5. The fraction of sp³-hybridized carbons (Fsp3) is 0.682. The van der Waals surface area contributed by atoms with Gasteiger partial charge in [-0.15, -0.1) is 0 Å².